The standard InChI is InChI=1S/C24H36Br2O4/c1-5-7-13-29-23(27)21(25)15-17(3)19-9-11-20(12-10-19)18(4)16-22(26)24(28)30-14-8-6-2/h9-12,17-18,21-22H,5-8,13-16H2,1-4H3. The lowest BCUT2D eigenvalue weighted by Crippen LogP contribution is -2.20. The Bertz CT molecular complexity index is 578. The lowest BCUT2D eigenvalue weighted by atomic mass is 9.91. The second-order valence-corrected chi connectivity index (χ2v) is 10.1. The number of esters is 2. The summed E-state index contributed by atoms with van der Waals surface area (Å²) in [5.74, 6) is 0.0919. The van der Waals surface area contributed by atoms with E-state index in [9.17, 15) is 9.59 Å². The average Bonchev–Trinajstić information content (AvgIpc) is 2.73. The minimum Gasteiger partial charge on any atom is -0.465 e. The molecule has 4 atom stereocenters. The molecule has 0 spiro atoms. The van der Waals surface area contributed by atoms with E-state index in [1.807, 2.05) is 0 Å². The monoisotopic (exact) mass is 546 g/mol. The van der Waals surface area contributed by atoms with E-state index in [0.717, 1.165) is 25.7 Å². The number of ether oxygens (including phenoxy) is 2. The maximum atomic E-state index is 12.1. The summed E-state index contributed by atoms with van der Waals surface area (Å²) in [5, 5.41) is 0. The summed E-state index contributed by atoms with van der Waals surface area (Å²) in [5.41, 5.74) is 2.37. The van der Waals surface area contributed by atoms with Gasteiger partial charge in [0.15, 0.2) is 0 Å². The molecule has 0 saturated heterocycles. The highest BCUT2D eigenvalue weighted by Gasteiger charge is 2.22. The fraction of sp³-hybridized carbons (Fsp3) is 0.667. The van der Waals surface area contributed by atoms with Crippen LogP contribution in [0.4, 0.5) is 0 Å². The molecule has 0 N–H and O–H groups in total. The number of benzene rings is 1. The van der Waals surface area contributed by atoms with Gasteiger partial charge in [0.05, 0.1) is 13.2 Å². The normalized spacial score (nSPS) is 15.1. The summed E-state index contributed by atoms with van der Waals surface area (Å²) in [7, 11) is 0. The molecule has 30 heavy (non-hydrogen) atoms. The van der Waals surface area contributed by atoms with Crippen LogP contribution in [0.2, 0.25) is 0 Å². The first-order valence-electron chi connectivity index (χ1n) is 11.0. The molecule has 0 amide bonds. The van der Waals surface area contributed by atoms with E-state index in [1.54, 1.807) is 0 Å². The molecule has 170 valence electrons. The molecule has 6 heteroatoms. The van der Waals surface area contributed by atoms with Crippen molar-refractivity contribution in [1.82, 2.24) is 0 Å². The molecule has 0 aliphatic carbocycles. The average molecular weight is 548 g/mol. The molecule has 0 aromatic heterocycles. The predicted molar refractivity (Wildman–Crippen MR) is 130 cm³/mol. The Morgan fingerprint density at radius 3 is 1.40 bits per heavy atom. The largest absolute Gasteiger partial charge is 0.465 e. The Kier molecular flexibility index (Phi) is 13.6. The first-order chi connectivity index (χ1) is 14.3. The van der Waals surface area contributed by atoms with Crippen LogP contribution in [0.1, 0.15) is 89.2 Å². The number of rotatable bonds is 14. The van der Waals surface area contributed by atoms with Gasteiger partial charge in [0, 0.05) is 0 Å². The van der Waals surface area contributed by atoms with E-state index in [0.29, 0.717) is 26.1 Å². The van der Waals surface area contributed by atoms with Gasteiger partial charge in [-0.3, -0.25) is 9.59 Å². The van der Waals surface area contributed by atoms with Crippen LogP contribution in [0.15, 0.2) is 24.3 Å². The molecule has 0 saturated carbocycles. The summed E-state index contributed by atoms with van der Waals surface area (Å²) in [6.07, 6.45) is 5.19. The Hall–Kier alpha value is -0.880. The Morgan fingerprint density at radius 2 is 1.10 bits per heavy atom. The topological polar surface area (TPSA) is 52.6 Å². The molecule has 0 radical (unpaired) electrons. The smallest absolute Gasteiger partial charge is 0.319 e. The van der Waals surface area contributed by atoms with Crippen molar-refractivity contribution in [3.05, 3.63) is 35.4 Å². The molecule has 1 rings (SSSR count). The van der Waals surface area contributed by atoms with Crippen molar-refractivity contribution in [3.8, 4) is 0 Å². The number of hydrogen-bond donors (Lipinski definition) is 0. The number of carbonyl (C=O) groups excluding carboxylic acids is 2. The molecular formula is C24H36Br2O4. The van der Waals surface area contributed by atoms with Crippen LogP contribution in [0.5, 0.6) is 0 Å². The van der Waals surface area contributed by atoms with Gasteiger partial charge < -0.3 is 9.47 Å². The number of carbonyl (C=O) groups is 2. The van der Waals surface area contributed by atoms with E-state index >= 15 is 0 Å². The van der Waals surface area contributed by atoms with Gasteiger partial charge in [-0.15, -0.1) is 0 Å². The van der Waals surface area contributed by atoms with Crippen LogP contribution in [0, 0.1) is 0 Å². The Morgan fingerprint density at radius 1 is 0.767 bits per heavy atom. The molecule has 1 aromatic rings. The summed E-state index contributed by atoms with van der Waals surface area (Å²) < 4.78 is 10.6. The number of alkyl halides is 2. The highest BCUT2D eigenvalue weighted by molar-refractivity contribution is 9.10. The van der Waals surface area contributed by atoms with Crippen molar-refractivity contribution >= 4 is 43.8 Å². The molecule has 0 fully saturated rings. The minimum atomic E-state index is -0.296. The zero-order chi connectivity index (χ0) is 22.5. The molecule has 0 aliphatic heterocycles. The minimum absolute atomic E-state index is 0.185. The fourth-order valence-corrected chi connectivity index (χ4v) is 4.44. The number of halogens is 2. The van der Waals surface area contributed by atoms with Crippen LogP contribution in [-0.4, -0.2) is 34.8 Å². The van der Waals surface area contributed by atoms with Crippen molar-refractivity contribution in [1.29, 1.82) is 0 Å². The van der Waals surface area contributed by atoms with E-state index in [2.05, 4.69) is 83.8 Å². The molecule has 4 nitrogen and oxygen atoms in total. The van der Waals surface area contributed by atoms with Crippen molar-refractivity contribution in [3.63, 3.8) is 0 Å². The third kappa shape index (κ3) is 9.95. The van der Waals surface area contributed by atoms with Crippen molar-refractivity contribution in [2.45, 2.75) is 87.7 Å². The maximum absolute atomic E-state index is 12.1. The maximum Gasteiger partial charge on any atom is 0.319 e. The summed E-state index contributed by atoms with van der Waals surface area (Å²) in [6, 6.07) is 8.45. The summed E-state index contributed by atoms with van der Waals surface area (Å²) in [4.78, 5) is 23.5. The van der Waals surface area contributed by atoms with Gasteiger partial charge in [0.1, 0.15) is 9.65 Å². The Balaban J connectivity index is 2.54. The SMILES string of the molecule is CCCCOC(=O)C(Br)CC(C)c1ccc(C(C)CC(Br)C(=O)OCCCC)cc1. The van der Waals surface area contributed by atoms with Crippen LogP contribution >= 0.6 is 31.9 Å². The van der Waals surface area contributed by atoms with Crippen LogP contribution < -0.4 is 0 Å². The summed E-state index contributed by atoms with van der Waals surface area (Å²) >= 11 is 6.94. The summed E-state index contributed by atoms with van der Waals surface area (Å²) in [6.45, 7) is 9.35. The third-order valence-electron chi connectivity index (χ3n) is 5.19. The predicted octanol–water partition coefficient (Wildman–Crippen LogP) is 6.89. The van der Waals surface area contributed by atoms with E-state index in [1.165, 1.54) is 11.1 Å². The molecule has 1 aromatic carbocycles. The molecule has 0 heterocycles. The third-order valence-corrected chi connectivity index (χ3v) is 6.69. The van der Waals surface area contributed by atoms with Gasteiger partial charge in [0.2, 0.25) is 0 Å². The first-order valence-corrected chi connectivity index (χ1v) is 12.8. The second-order valence-electron chi connectivity index (χ2n) is 7.92. The molecular weight excluding hydrogens is 512 g/mol. The Labute approximate surface area is 198 Å². The van der Waals surface area contributed by atoms with Crippen LogP contribution in [0.25, 0.3) is 0 Å². The fourth-order valence-electron chi connectivity index (χ4n) is 3.05. The van der Waals surface area contributed by atoms with Crippen LogP contribution in [0.3, 0.4) is 0 Å². The van der Waals surface area contributed by atoms with Gasteiger partial charge in [-0.05, 0) is 48.6 Å². The zero-order valence-electron chi connectivity index (χ0n) is 18.7. The second kappa shape index (κ2) is 15.0. The lowest BCUT2D eigenvalue weighted by molar-refractivity contribution is -0.144. The lowest BCUT2D eigenvalue weighted by Gasteiger charge is -2.18. The molecule has 0 bridgehead atoms. The number of unbranched alkanes of at least 4 members (excludes halogenated alkanes) is 2. The van der Waals surface area contributed by atoms with E-state index in [-0.39, 0.29) is 33.4 Å². The molecule has 4 unspecified atom stereocenters. The van der Waals surface area contributed by atoms with E-state index < -0.39 is 0 Å². The quantitative estimate of drug-likeness (QED) is 0.144. The van der Waals surface area contributed by atoms with Crippen molar-refractivity contribution < 1.29 is 19.1 Å². The van der Waals surface area contributed by atoms with Crippen molar-refractivity contribution in [2.75, 3.05) is 13.2 Å². The zero-order valence-corrected chi connectivity index (χ0v) is 21.8. The van der Waals surface area contributed by atoms with Gasteiger partial charge in [-0.25, -0.2) is 0 Å². The molecule has 0 aliphatic rings. The van der Waals surface area contributed by atoms with Gasteiger partial charge >= 0.3 is 11.9 Å². The van der Waals surface area contributed by atoms with Crippen LogP contribution in [-0.2, 0) is 19.1 Å². The highest BCUT2D eigenvalue weighted by Crippen LogP contribution is 2.28. The van der Waals surface area contributed by atoms with Crippen molar-refractivity contribution in [2.24, 2.45) is 0 Å². The highest BCUT2D eigenvalue weighted by atomic mass is 79.9. The van der Waals surface area contributed by atoms with Gasteiger partial charge in [0.25, 0.3) is 0 Å². The first kappa shape index (κ1) is 27.2. The number of hydrogen-bond acceptors (Lipinski definition) is 4. The van der Waals surface area contributed by atoms with Gasteiger partial charge in [-0.2, -0.15) is 0 Å². The van der Waals surface area contributed by atoms with E-state index in [4.69, 9.17) is 9.47 Å². The van der Waals surface area contributed by atoms with Gasteiger partial charge in [-0.1, -0.05) is 96.7 Å².